The number of rotatable bonds is 4. The van der Waals surface area contributed by atoms with Gasteiger partial charge in [0.2, 0.25) is 5.89 Å². The minimum atomic E-state index is -1.82. The van der Waals surface area contributed by atoms with E-state index in [-0.39, 0.29) is 29.8 Å². The summed E-state index contributed by atoms with van der Waals surface area (Å²) < 4.78 is 20.0. The van der Waals surface area contributed by atoms with Gasteiger partial charge in [0.15, 0.2) is 11.4 Å². The minimum absolute atomic E-state index is 0.164. The Kier molecular flexibility index (Phi) is 3.19. The zero-order chi connectivity index (χ0) is 16.9. The number of nitrogens with zero attached hydrogens (tertiary/aromatic N) is 2. The first-order valence-electron chi connectivity index (χ1n) is 7.71. The van der Waals surface area contributed by atoms with Gasteiger partial charge < -0.3 is 14.4 Å². The fourth-order valence-corrected chi connectivity index (χ4v) is 3.18. The van der Waals surface area contributed by atoms with Crippen molar-refractivity contribution >= 4 is 11.9 Å². The van der Waals surface area contributed by atoms with E-state index in [9.17, 15) is 14.0 Å². The fraction of sp³-hybridized carbons (Fsp3) is 0.353. The van der Waals surface area contributed by atoms with Crippen molar-refractivity contribution in [3.63, 3.8) is 0 Å². The average Bonchev–Trinajstić information content (AvgIpc) is 3.00. The fourth-order valence-electron chi connectivity index (χ4n) is 3.18. The van der Waals surface area contributed by atoms with Crippen LogP contribution >= 0.6 is 0 Å². The highest BCUT2D eigenvalue weighted by atomic mass is 19.1. The Hall–Kier alpha value is -2.70. The van der Waals surface area contributed by atoms with Gasteiger partial charge >= 0.3 is 5.97 Å². The molecule has 6 nitrogen and oxygen atoms in total. The quantitative estimate of drug-likeness (QED) is 0.929. The molecule has 124 valence electrons. The maximum atomic E-state index is 14.8. The van der Waals surface area contributed by atoms with Crippen LogP contribution in [0.1, 0.15) is 40.2 Å². The summed E-state index contributed by atoms with van der Waals surface area (Å²) in [5.41, 5.74) is -1.15. The van der Waals surface area contributed by atoms with Crippen molar-refractivity contribution in [3.8, 4) is 0 Å². The second kappa shape index (κ2) is 5.15. The van der Waals surface area contributed by atoms with Gasteiger partial charge in [-0.1, -0.05) is 30.3 Å². The number of carbonyl (C=O) groups excluding carboxylic acids is 1. The Morgan fingerprint density at radius 1 is 1.29 bits per heavy atom. The number of aromatic carboxylic acids is 1. The molecule has 1 amide bonds. The van der Waals surface area contributed by atoms with Gasteiger partial charge in [-0.05, 0) is 5.56 Å². The first-order valence-corrected chi connectivity index (χ1v) is 7.71. The van der Waals surface area contributed by atoms with E-state index >= 15 is 0 Å². The number of likely N-dealkylation sites (tertiary alicyclic amines) is 1. The third kappa shape index (κ3) is 2.28. The summed E-state index contributed by atoms with van der Waals surface area (Å²) in [7, 11) is 0. The molecule has 1 aliphatic carbocycles. The highest BCUT2D eigenvalue weighted by Crippen LogP contribution is 2.56. The molecule has 2 heterocycles. The lowest BCUT2D eigenvalue weighted by atomic mass is 9.98. The molecule has 1 N–H and O–H groups in total. The van der Waals surface area contributed by atoms with Crippen LogP contribution in [-0.4, -0.2) is 45.6 Å². The summed E-state index contributed by atoms with van der Waals surface area (Å²) in [4.78, 5) is 28.5. The van der Waals surface area contributed by atoms with Gasteiger partial charge in [0.05, 0.1) is 5.92 Å². The highest BCUT2D eigenvalue weighted by Gasteiger charge is 2.64. The standard InChI is InChI=1S/C17H15FN2O4/c18-17(6-12(17)10-4-2-1-3-5-10)16(23)20-7-11(8-20)14-19-13(9-24-14)15(21)22/h1-5,9,11-12H,6-8H2,(H,21,22)/t12-,17-/m0/s1. The number of carboxylic acid groups (broad SMARTS) is 1. The molecule has 1 aromatic heterocycles. The molecule has 1 saturated carbocycles. The molecule has 0 radical (unpaired) electrons. The van der Waals surface area contributed by atoms with Crippen molar-refractivity contribution < 1.29 is 23.5 Å². The van der Waals surface area contributed by atoms with Crippen LogP contribution in [0.25, 0.3) is 0 Å². The van der Waals surface area contributed by atoms with Gasteiger partial charge in [0.1, 0.15) is 6.26 Å². The normalized spacial score (nSPS) is 26.0. The summed E-state index contributed by atoms with van der Waals surface area (Å²) in [6.07, 6.45) is 1.28. The lowest BCUT2D eigenvalue weighted by molar-refractivity contribution is -0.143. The van der Waals surface area contributed by atoms with E-state index in [0.717, 1.165) is 11.8 Å². The summed E-state index contributed by atoms with van der Waals surface area (Å²) >= 11 is 0. The van der Waals surface area contributed by atoms with Crippen molar-refractivity contribution in [2.45, 2.75) is 23.9 Å². The molecule has 4 rings (SSSR count). The predicted octanol–water partition coefficient (Wildman–Crippen LogP) is 2.19. The van der Waals surface area contributed by atoms with Crippen molar-refractivity contribution in [3.05, 3.63) is 53.7 Å². The van der Waals surface area contributed by atoms with Crippen LogP contribution < -0.4 is 0 Å². The third-order valence-corrected chi connectivity index (χ3v) is 4.71. The van der Waals surface area contributed by atoms with E-state index < -0.39 is 17.5 Å². The SMILES string of the molecule is O=C(O)c1coc(C2CN(C(=O)[C@]3(F)C[C@H]3c3ccccc3)C2)n1. The molecule has 1 saturated heterocycles. The van der Waals surface area contributed by atoms with E-state index in [1.807, 2.05) is 30.3 Å². The zero-order valence-corrected chi connectivity index (χ0v) is 12.7. The van der Waals surface area contributed by atoms with E-state index in [4.69, 9.17) is 9.52 Å². The Morgan fingerprint density at radius 3 is 2.62 bits per heavy atom. The van der Waals surface area contributed by atoms with Crippen LogP contribution in [0.5, 0.6) is 0 Å². The van der Waals surface area contributed by atoms with Crippen LogP contribution in [0.3, 0.4) is 0 Å². The first-order chi connectivity index (χ1) is 11.5. The molecule has 24 heavy (non-hydrogen) atoms. The summed E-state index contributed by atoms with van der Waals surface area (Å²) in [5, 5.41) is 8.83. The molecule has 0 unspecified atom stereocenters. The van der Waals surface area contributed by atoms with Gasteiger partial charge in [0, 0.05) is 25.4 Å². The smallest absolute Gasteiger partial charge is 0.357 e. The lowest BCUT2D eigenvalue weighted by Gasteiger charge is -2.38. The largest absolute Gasteiger partial charge is 0.476 e. The van der Waals surface area contributed by atoms with Crippen molar-refractivity contribution in [2.24, 2.45) is 0 Å². The molecule has 2 fully saturated rings. The number of halogens is 1. The van der Waals surface area contributed by atoms with Crippen LogP contribution in [0.4, 0.5) is 4.39 Å². The molecular weight excluding hydrogens is 315 g/mol. The van der Waals surface area contributed by atoms with Gasteiger partial charge in [-0.2, -0.15) is 0 Å². The zero-order valence-electron chi connectivity index (χ0n) is 12.7. The number of hydrogen-bond acceptors (Lipinski definition) is 4. The van der Waals surface area contributed by atoms with Gasteiger partial charge in [0.25, 0.3) is 5.91 Å². The van der Waals surface area contributed by atoms with Crippen molar-refractivity contribution in [1.29, 1.82) is 0 Å². The van der Waals surface area contributed by atoms with E-state index in [1.165, 1.54) is 4.90 Å². The maximum absolute atomic E-state index is 14.8. The molecule has 2 atom stereocenters. The molecule has 0 spiro atoms. The van der Waals surface area contributed by atoms with Gasteiger partial charge in [-0.3, -0.25) is 4.79 Å². The molecule has 0 bridgehead atoms. The molecule has 1 aliphatic heterocycles. The predicted molar refractivity (Wildman–Crippen MR) is 80.4 cm³/mol. The number of aromatic nitrogens is 1. The van der Waals surface area contributed by atoms with E-state index in [1.54, 1.807) is 0 Å². The van der Waals surface area contributed by atoms with Crippen LogP contribution in [0, 0.1) is 0 Å². The van der Waals surface area contributed by atoms with Crippen LogP contribution in [0.15, 0.2) is 41.0 Å². The monoisotopic (exact) mass is 330 g/mol. The Labute approximate surface area is 136 Å². The van der Waals surface area contributed by atoms with Crippen LogP contribution in [-0.2, 0) is 4.79 Å². The number of amides is 1. The second-order valence-corrected chi connectivity index (χ2v) is 6.31. The molecule has 2 aliphatic rings. The first kappa shape index (κ1) is 14.9. The number of carboxylic acids is 1. The minimum Gasteiger partial charge on any atom is -0.476 e. The summed E-state index contributed by atoms with van der Waals surface area (Å²) in [5.74, 6) is -1.95. The average molecular weight is 330 g/mol. The third-order valence-electron chi connectivity index (χ3n) is 4.71. The Balaban J connectivity index is 1.38. The molecular formula is C17H15FN2O4. The Bertz CT molecular complexity index is 800. The number of benzene rings is 1. The number of hydrogen-bond donors (Lipinski definition) is 1. The molecule has 1 aromatic carbocycles. The molecule has 2 aromatic rings. The van der Waals surface area contributed by atoms with Gasteiger partial charge in [-0.15, -0.1) is 0 Å². The van der Waals surface area contributed by atoms with Crippen molar-refractivity contribution in [1.82, 2.24) is 9.88 Å². The topological polar surface area (TPSA) is 83.6 Å². The van der Waals surface area contributed by atoms with E-state index in [2.05, 4.69) is 4.98 Å². The number of alkyl halides is 1. The second-order valence-electron chi connectivity index (χ2n) is 6.31. The van der Waals surface area contributed by atoms with E-state index in [0.29, 0.717) is 13.1 Å². The van der Waals surface area contributed by atoms with Crippen LogP contribution in [0.2, 0.25) is 0 Å². The van der Waals surface area contributed by atoms with Crippen molar-refractivity contribution in [2.75, 3.05) is 13.1 Å². The number of carbonyl (C=O) groups is 2. The Morgan fingerprint density at radius 2 is 2.00 bits per heavy atom. The number of oxazole rings is 1. The van der Waals surface area contributed by atoms with Gasteiger partial charge in [-0.25, -0.2) is 14.2 Å². The summed E-state index contributed by atoms with van der Waals surface area (Å²) in [6.45, 7) is 0.594. The lowest BCUT2D eigenvalue weighted by Crippen LogP contribution is -2.52. The summed E-state index contributed by atoms with van der Waals surface area (Å²) in [6, 6.07) is 9.19. The maximum Gasteiger partial charge on any atom is 0.357 e. The molecule has 7 heteroatoms. The highest BCUT2D eigenvalue weighted by molar-refractivity contribution is 5.91.